The Kier molecular flexibility index (Phi) is 7.45. The maximum atomic E-state index is 13.1. The fraction of sp³-hybridized carbons (Fsp3) is 0.0370. The second-order valence-electron chi connectivity index (χ2n) is 7.47. The summed E-state index contributed by atoms with van der Waals surface area (Å²) in [6.45, 7) is 0. The SMILES string of the molecule is O=C(ONc1ccc(N=NC(=O)C(O)(c2ccccc2)c2ccccc2)cc1)c1ccccc1Br. The number of azo groups is 1. The fourth-order valence-corrected chi connectivity index (χ4v) is 3.78. The molecule has 0 atom stereocenters. The molecule has 174 valence electrons. The second-order valence-corrected chi connectivity index (χ2v) is 8.32. The van der Waals surface area contributed by atoms with E-state index in [1.807, 2.05) is 0 Å². The van der Waals surface area contributed by atoms with Crippen LogP contribution in [-0.2, 0) is 15.2 Å². The van der Waals surface area contributed by atoms with Crippen LogP contribution in [0.1, 0.15) is 21.5 Å². The second kappa shape index (κ2) is 10.9. The van der Waals surface area contributed by atoms with Crippen LogP contribution >= 0.6 is 15.9 Å². The topological polar surface area (TPSA) is 100 Å². The van der Waals surface area contributed by atoms with Gasteiger partial charge >= 0.3 is 11.9 Å². The third-order valence-electron chi connectivity index (χ3n) is 5.17. The average molecular weight is 530 g/mol. The van der Waals surface area contributed by atoms with Crippen molar-refractivity contribution in [2.24, 2.45) is 10.2 Å². The molecule has 4 aromatic carbocycles. The van der Waals surface area contributed by atoms with E-state index < -0.39 is 17.5 Å². The van der Waals surface area contributed by atoms with E-state index in [0.29, 0.717) is 32.5 Å². The van der Waals surface area contributed by atoms with E-state index in [4.69, 9.17) is 4.84 Å². The number of halogens is 1. The van der Waals surface area contributed by atoms with Gasteiger partial charge in [-0.2, -0.15) is 0 Å². The highest BCUT2D eigenvalue weighted by atomic mass is 79.9. The minimum absolute atomic E-state index is 0.379. The molecule has 0 radical (unpaired) electrons. The van der Waals surface area contributed by atoms with Gasteiger partial charge in [0, 0.05) is 4.47 Å². The zero-order chi connectivity index (χ0) is 24.7. The summed E-state index contributed by atoms with van der Waals surface area (Å²) >= 11 is 3.31. The van der Waals surface area contributed by atoms with Crippen LogP contribution in [0.4, 0.5) is 11.4 Å². The quantitative estimate of drug-likeness (QED) is 0.220. The van der Waals surface area contributed by atoms with Crippen LogP contribution in [0.15, 0.2) is 124 Å². The Labute approximate surface area is 210 Å². The number of carbonyl (C=O) groups excluding carboxylic acids is 2. The Bertz CT molecular complexity index is 1300. The number of amides is 1. The molecule has 35 heavy (non-hydrogen) atoms. The smallest absolute Gasteiger partial charge is 0.363 e. The van der Waals surface area contributed by atoms with Crippen molar-refractivity contribution in [2.75, 3.05) is 5.48 Å². The van der Waals surface area contributed by atoms with E-state index in [9.17, 15) is 14.7 Å². The van der Waals surface area contributed by atoms with Crippen molar-refractivity contribution in [3.8, 4) is 0 Å². The third kappa shape index (κ3) is 5.51. The van der Waals surface area contributed by atoms with Gasteiger partial charge in [-0.15, -0.1) is 10.2 Å². The van der Waals surface area contributed by atoms with Crippen LogP contribution < -0.4 is 5.48 Å². The lowest BCUT2D eigenvalue weighted by Crippen LogP contribution is -2.35. The van der Waals surface area contributed by atoms with Crippen LogP contribution in [0, 0.1) is 0 Å². The van der Waals surface area contributed by atoms with Gasteiger partial charge in [-0.25, -0.2) is 10.3 Å². The van der Waals surface area contributed by atoms with Crippen LogP contribution in [0.2, 0.25) is 0 Å². The summed E-state index contributed by atoms with van der Waals surface area (Å²) < 4.78 is 0.623. The number of benzene rings is 4. The molecule has 0 heterocycles. The van der Waals surface area contributed by atoms with Crippen LogP contribution in [0.3, 0.4) is 0 Å². The first-order valence-electron chi connectivity index (χ1n) is 10.6. The van der Waals surface area contributed by atoms with Gasteiger partial charge in [-0.05, 0) is 63.5 Å². The number of rotatable bonds is 7. The molecular formula is C27H20BrN3O4. The van der Waals surface area contributed by atoms with Gasteiger partial charge in [0.15, 0.2) is 5.60 Å². The normalized spacial score (nSPS) is 11.3. The standard InChI is InChI=1S/C27H20BrN3O4/c28-24-14-8-7-13-23(24)25(32)35-31-22-17-15-21(16-18-22)29-30-26(33)27(34,19-9-3-1-4-10-19)20-11-5-2-6-12-20/h1-18,31,34H. The Balaban J connectivity index is 1.46. The molecule has 8 heteroatoms. The summed E-state index contributed by atoms with van der Waals surface area (Å²) in [5, 5.41) is 19.2. The molecule has 0 aliphatic carbocycles. The highest BCUT2D eigenvalue weighted by Gasteiger charge is 2.40. The molecule has 0 saturated heterocycles. The summed E-state index contributed by atoms with van der Waals surface area (Å²) in [5.74, 6) is -1.37. The number of nitrogens with one attached hydrogen (secondary N) is 1. The molecule has 2 N–H and O–H groups in total. The van der Waals surface area contributed by atoms with Crippen molar-refractivity contribution in [3.05, 3.63) is 130 Å². The van der Waals surface area contributed by atoms with E-state index in [-0.39, 0.29) is 0 Å². The number of hydrogen-bond acceptors (Lipinski definition) is 6. The molecule has 0 bridgehead atoms. The van der Waals surface area contributed by atoms with Crippen LogP contribution in [0.25, 0.3) is 0 Å². The van der Waals surface area contributed by atoms with Crippen molar-refractivity contribution < 1.29 is 19.5 Å². The molecule has 0 saturated carbocycles. The predicted octanol–water partition coefficient (Wildman–Crippen LogP) is 6.18. The maximum absolute atomic E-state index is 13.1. The number of nitrogens with zero attached hydrogens (tertiary/aromatic N) is 2. The molecule has 0 unspecified atom stereocenters. The summed E-state index contributed by atoms with van der Waals surface area (Å²) in [6, 6.07) is 30.5. The molecule has 4 rings (SSSR count). The lowest BCUT2D eigenvalue weighted by molar-refractivity contribution is -0.133. The molecule has 0 aromatic heterocycles. The van der Waals surface area contributed by atoms with E-state index in [1.54, 1.807) is 109 Å². The van der Waals surface area contributed by atoms with Gasteiger partial charge < -0.3 is 9.94 Å². The summed E-state index contributed by atoms with van der Waals surface area (Å²) in [6.07, 6.45) is 0. The van der Waals surface area contributed by atoms with Gasteiger partial charge in [-0.3, -0.25) is 4.79 Å². The molecule has 7 nitrogen and oxygen atoms in total. The van der Waals surface area contributed by atoms with Crippen molar-refractivity contribution in [3.63, 3.8) is 0 Å². The van der Waals surface area contributed by atoms with Gasteiger partial charge in [0.25, 0.3) is 0 Å². The number of hydrogen-bond donors (Lipinski definition) is 2. The van der Waals surface area contributed by atoms with Gasteiger partial charge in [0.1, 0.15) is 0 Å². The minimum Gasteiger partial charge on any atom is -0.372 e. The van der Waals surface area contributed by atoms with Crippen LogP contribution in [0.5, 0.6) is 0 Å². The lowest BCUT2D eigenvalue weighted by Gasteiger charge is -2.25. The number of anilines is 1. The summed E-state index contributed by atoms with van der Waals surface area (Å²) in [5.41, 5.74) is 2.64. The van der Waals surface area contributed by atoms with Gasteiger partial charge in [0.05, 0.1) is 16.9 Å². The summed E-state index contributed by atoms with van der Waals surface area (Å²) in [4.78, 5) is 30.4. The van der Waals surface area contributed by atoms with Crippen molar-refractivity contribution in [1.82, 2.24) is 0 Å². The third-order valence-corrected chi connectivity index (χ3v) is 5.86. The highest BCUT2D eigenvalue weighted by Crippen LogP contribution is 2.31. The molecule has 0 fully saturated rings. The average Bonchev–Trinajstić information content (AvgIpc) is 2.91. The summed E-state index contributed by atoms with van der Waals surface area (Å²) in [7, 11) is 0. The minimum atomic E-state index is -1.98. The first-order chi connectivity index (χ1) is 17.0. The van der Waals surface area contributed by atoms with Gasteiger partial charge in [-0.1, -0.05) is 72.8 Å². The molecular weight excluding hydrogens is 510 g/mol. The first kappa shape index (κ1) is 24.0. The first-order valence-corrected chi connectivity index (χ1v) is 11.4. The van der Waals surface area contributed by atoms with Crippen molar-refractivity contribution in [1.29, 1.82) is 0 Å². The Hall–Kier alpha value is -4.14. The van der Waals surface area contributed by atoms with Crippen molar-refractivity contribution >= 4 is 39.2 Å². The molecule has 0 aliphatic rings. The predicted molar refractivity (Wildman–Crippen MR) is 135 cm³/mol. The molecule has 0 spiro atoms. The molecule has 0 aliphatic heterocycles. The van der Waals surface area contributed by atoms with E-state index in [2.05, 4.69) is 31.6 Å². The Morgan fingerprint density at radius 3 is 1.89 bits per heavy atom. The highest BCUT2D eigenvalue weighted by molar-refractivity contribution is 9.10. The maximum Gasteiger partial charge on any atom is 0.363 e. The van der Waals surface area contributed by atoms with E-state index >= 15 is 0 Å². The van der Waals surface area contributed by atoms with Crippen LogP contribution in [-0.4, -0.2) is 17.0 Å². The number of carbonyl (C=O) groups is 2. The zero-order valence-electron chi connectivity index (χ0n) is 18.3. The fourth-order valence-electron chi connectivity index (χ4n) is 3.33. The largest absolute Gasteiger partial charge is 0.372 e. The van der Waals surface area contributed by atoms with E-state index in [1.165, 1.54) is 0 Å². The van der Waals surface area contributed by atoms with E-state index in [0.717, 1.165) is 0 Å². The van der Waals surface area contributed by atoms with Crippen molar-refractivity contribution in [2.45, 2.75) is 5.60 Å². The van der Waals surface area contributed by atoms with Gasteiger partial charge in [0.2, 0.25) is 0 Å². The Morgan fingerprint density at radius 2 is 1.31 bits per heavy atom. The Morgan fingerprint density at radius 1 is 0.771 bits per heavy atom. The molecule has 4 aromatic rings. The number of aliphatic hydroxyl groups is 1. The lowest BCUT2D eigenvalue weighted by atomic mass is 9.86. The monoisotopic (exact) mass is 529 g/mol. The zero-order valence-corrected chi connectivity index (χ0v) is 19.9. The molecule has 1 amide bonds.